The fraction of sp³-hybridized carbons (Fsp3) is 0.188. The van der Waals surface area contributed by atoms with E-state index in [1.165, 1.54) is 35.7 Å². The summed E-state index contributed by atoms with van der Waals surface area (Å²) >= 11 is 0. The molecule has 0 saturated carbocycles. The monoisotopic (exact) mass is 341 g/mol. The summed E-state index contributed by atoms with van der Waals surface area (Å²) in [5.41, 5.74) is 1.51. The Morgan fingerprint density at radius 1 is 1.16 bits per heavy atom. The molecule has 0 aliphatic rings. The summed E-state index contributed by atoms with van der Waals surface area (Å²) in [6, 6.07) is 6.97. The van der Waals surface area contributed by atoms with Crippen LogP contribution >= 0.6 is 0 Å². The van der Waals surface area contributed by atoms with Gasteiger partial charge in [0, 0.05) is 13.8 Å². The largest absolute Gasteiger partial charge is 0.365 e. The normalized spacial score (nSPS) is 10.6. The van der Waals surface area contributed by atoms with Crippen molar-refractivity contribution >= 4 is 11.7 Å². The standard InChI is InChI=1S/C16H15N5O4/c1-10(22)15-8-21(19-18-15)13-5-3-12(4-6-13)14-7-20(25-16(14)24)9-17-11(2)23/h3-8H,9H2,1-2H3,(H,17,23). The summed E-state index contributed by atoms with van der Waals surface area (Å²) in [6.07, 6.45) is 3.06. The molecule has 0 spiro atoms. The topological polar surface area (TPSA) is 112 Å². The Morgan fingerprint density at radius 3 is 2.48 bits per heavy atom. The van der Waals surface area contributed by atoms with Gasteiger partial charge in [0.25, 0.3) is 0 Å². The predicted octanol–water partition coefficient (Wildman–Crippen LogP) is 0.985. The number of Topliss-reactive ketones (excluding diaryl/α,β-unsaturated/α-hetero) is 1. The maximum Gasteiger partial charge on any atom is 0.365 e. The highest BCUT2D eigenvalue weighted by Gasteiger charge is 2.11. The summed E-state index contributed by atoms with van der Waals surface area (Å²) in [6.45, 7) is 2.88. The zero-order valence-electron chi connectivity index (χ0n) is 13.6. The van der Waals surface area contributed by atoms with Gasteiger partial charge in [-0.05, 0) is 17.7 Å². The van der Waals surface area contributed by atoms with Crippen LogP contribution in [-0.2, 0) is 11.5 Å². The third kappa shape index (κ3) is 3.55. The molecule has 0 saturated heterocycles. The minimum Gasteiger partial charge on any atom is -0.336 e. The molecule has 128 valence electrons. The molecule has 2 heterocycles. The Hall–Kier alpha value is -3.49. The summed E-state index contributed by atoms with van der Waals surface area (Å²) in [5, 5.41) is 10.2. The number of ketones is 1. The lowest BCUT2D eigenvalue weighted by Gasteiger charge is -2.01. The second-order valence-electron chi connectivity index (χ2n) is 5.38. The lowest BCUT2D eigenvalue weighted by Crippen LogP contribution is -2.22. The first-order chi connectivity index (χ1) is 11.9. The van der Waals surface area contributed by atoms with E-state index >= 15 is 0 Å². The lowest BCUT2D eigenvalue weighted by molar-refractivity contribution is -0.119. The van der Waals surface area contributed by atoms with Crippen molar-refractivity contribution in [2.24, 2.45) is 0 Å². The molecule has 9 heteroatoms. The van der Waals surface area contributed by atoms with Crippen molar-refractivity contribution in [2.75, 3.05) is 0 Å². The van der Waals surface area contributed by atoms with Gasteiger partial charge < -0.3 is 9.84 Å². The fourth-order valence-electron chi connectivity index (χ4n) is 2.18. The van der Waals surface area contributed by atoms with Crippen molar-refractivity contribution in [2.45, 2.75) is 20.5 Å². The van der Waals surface area contributed by atoms with E-state index in [9.17, 15) is 14.4 Å². The number of carbonyl (C=O) groups excluding carboxylic acids is 2. The van der Waals surface area contributed by atoms with E-state index in [0.29, 0.717) is 16.8 Å². The van der Waals surface area contributed by atoms with E-state index in [1.54, 1.807) is 24.3 Å². The first-order valence-corrected chi connectivity index (χ1v) is 7.43. The number of amides is 1. The van der Waals surface area contributed by atoms with Gasteiger partial charge in [-0.15, -0.1) is 5.10 Å². The van der Waals surface area contributed by atoms with Crippen molar-refractivity contribution in [3.63, 3.8) is 0 Å². The molecular weight excluding hydrogens is 326 g/mol. The summed E-state index contributed by atoms with van der Waals surface area (Å²) in [5.74, 6) is -0.388. The number of nitrogens with one attached hydrogen (secondary N) is 1. The molecule has 25 heavy (non-hydrogen) atoms. The minimum absolute atomic E-state index is 0.0788. The molecule has 1 N–H and O–H groups in total. The molecule has 0 aliphatic carbocycles. The molecule has 0 unspecified atom stereocenters. The van der Waals surface area contributed by atoms with Crippen LogP contribution in [0.25, 0.3) is 16.8 Å². The van der Waals surface area contributed by atoms with Crippen LogP contribution in [0, 0.1) is 0 Å². The van der Waals surface area contributed by atoms with Crippen LogP contribution < -0.4 is 10.9 Å². The SMILES string of the molecule is CC(=O)NCn1cc(-c2ccc(-n3cc(C(C)=O)nn3)cc2)c(=O)o1. The summed E-state index contributed by atoms with van der Waals surface area (Å²) in [7, 11) is 0. The van der Waals surface area contributed by atoms with E-state index in [4.69, 9.17) is 4.52 Å². The fourth-order valence-corrected chi connectivity index (χ4v) is 2.18. The Labute approximate surface area is 141 Å². The highest BCUT2D eigenvalue weighted by atomic mass is 16.5. The predicted molar refractivity (Wildman–Crippen MR) is 87.1 cm³/mol. The quantitative estimate of drug-likeness (QED) is 0.693. The third-order valence-electron chi connectivity index (χ3n) is 3.47. The highest BCUT2D eigenvalue weighted by molar-refractivity contribution is 5.91. The molecule has 0 atom stereocenters. The molecule has 9 nitrogen and oxygen atoms in total. The number of carbonyl (C=O) groups is 2. The van der Waals surface area contributed by atoms with Gasteiger partial charge in [-0.3, -0.25) is 9.59 Å². The van der Waals surface area contributed by atoms with Gasteiger partial charge in [0.15, 0.2) is 5.78 Å². The van der Waals surface area contributed by atoms with Gasteiger partial charge in [0.2, 0.25) is 5.91 Å². The first kappa shape index (κ1) is 16.4. The second-order valence-corrected chi connectivity index (χ2v) is 5.38. The summed E-state index contributed by atoms with van der Waals surface area (Å²) < 4.78 is 7.78. The van der Waals surface area contributed by atoms with Gasteiger partial charge in [0.1, 0.15) is 12.4 Å². The molecule has 3 rings (SSSR count). The number of rotatable bonds is 5. The van der Waals surface area contributed by atoms with E-state index < -0.39 is 5.63 Å². The number of hydrogen-bond acceptors (Lipinski definition) is 6. The van der Waals surface area contributed by atoms with Crippen molar-refractivity contribution in [3.8, 4) is 16.8 Å². The molecular formula is C16H15N5O4. The minimum atomic E-state index is -0.502. The zero-order chi connectivity index (χ0) is 18.0. The maximum atomic E-state index is 12.0. The smallest absolute Gasteiger partial charge is 0.336 e. The van der Waals surface area contributed by atoms with E-state index in [2.05, 4.69) is 15.6 Å². The second kappa shape index (κ2) is 6.56. The van der Waals surface area contributed by atoms with Gasteiger partial charge in [-0.25, -0.2) is 9.48 Å². The Balaban J connectivity index is 1.83. The van der Waals surface area contributed by atoms with Gasteiger partial charge >= 0.3 is 5.63 Å². The third-order valence-corrected chi connectivity index (χ3v) is 3.47. The van der Waals surface area contributed by atoms with Crippen LogP contribution in [0.3, 0.4) is 0 Å². The average molecular weight is 341 g/mol. The van der Waals surface area contributed by atoms with Gasteiger partial charge in [0.05, 0.1) is 23.6 Å². The molecule has 1 amide bonds. The zero-order valence-corrected chi connectivity index (χ0v) is 13.6. The molecule has 0 aliphatic heterocycles. The van der Waals surface area contributed by atoms with Gasteiger partial charge in [-0.2, -0.15) is 4.74 Å². The Bertz CT molecular complexity index is 981. The number of nitrogens with zero attached hydrogens (tertiary/aromatic N) is 4. The van der Waals surface area contributed by atoms with Crippen molar-refractivity contribution in [3.05, 3.63) is 52.8 Å². The molecule has 0 fully saturated rings. The Morgan fingerprint density at radius 2 is 1.88 bits per heavy atom. The molecule has 0 radical (unpaired) electrons. The lowest BCUT2D eigenvalue weighted by atomic mass is 10.1. The van der Waals surface area contributed by atoms with Gasteiger partial charge in [-0.1, -0.05) is 17.3 Å². The first-order valence-electron chi connectivity index (χ1n) is 7.43. The van der Waals surface area contributed by atoms with Crippen molar-refractivity contribution in [1.29, 1.82) is 0 Å². The molecule has 2 aromatic heterocycles. The van der Waals surface area contributed by atoms with Crippen LogP contribution in [0.15, 0.2) is 46.0 Å². The molecule has 3 aromatic rings. The van der Waals surface area contributed by atoms with Crippen molar-refractivity contribution in [1.82, 2.24) is 25.1 Å². The average Bonchev–Trinajstić information content (AvgIpc) is 3.20. The van der Waals surface area contributed by atoms with E-state index in [1.807, 2.05) is 0 Å². The van der Waals surface area contributed by atoms with Crippen LogP contribution in [0.5, 0.6) is 0 Å². The van der Waals surface area contributed by atoms with Crippen LogP contribution in [-0.4, -0.2) is 31.4 Å². The number of benzene rings is 1. The maximum absolute atomic E-state index is 12.0. The molecule has 0 bridgehead atoms. The number of hydrogen-bond donors (Lipinski definition) is 1. The van der Waals surface area contributed by atoms with Crippen LogP contribution in [0.1, 0.15) is 24.3 Å². The number of aromatic nitrogens is 4. The van der Waals surface area contributed by atoms with Crippen LogP contribution in [0.4, 0.5) is 0 Å². The van der Waals surface area contributed by atoms with E-state index in [-0.39, 0.29) is 24.1 Å². The molecule has 1 aromatic carbocycles. The highest BCUT2D eigenvalue weighted by Crippen LogP contribution is 2.18. The van der Waals surface area contributed by atoms with Crippen LogP contribution in [0.2, 0.25) is 0 Å². The van der Waals surface area contributed by atoms with Crippen molar-refractivity contribution < 1.29 is 14.1 Å². The summed E-state index contributed by atoms with van der Waals surface area (Å²) in [4.78, 5) is 34.1. The van der Waals surface area contributed by atoms with E-state index in [0.717, 1.165) is 0 Å². The Kier molecular flexibility index (Phi) is 4.29.